The number of nitrogens with one attached hydrogen (secondary N) is 2. The van der Waals surface area contributed by atoms with E-state index in [1.165, 1.54) is 14.2 Å². The quantitative estimate of drug-likeness (QED) is 0.515. The highest BCUT2D eigenvalue weighted by Gasteiger charge is 2.42. The Morgan fingerprint density at radius 1 is 1.04 bits per heavy atom. The van der Waals surface area contributed by atoms with E-state index in [2.05, 4.69) is 40.9 Å². The number of amides is 2. The molecule has 1 saturated carbocycles. The van der Waals surface area contributed by atoms with Gasteiger partial charge in [0.25, 0.3) is 0 Å². The normalized spacial score (nSPS) is 25.0. The van der Waals surface area contributed by atoms with Gasteiger partial charge >= 0.3 is 18.2 Å². The Morgan fingerprint density at radius 3 is 2.22 bits per heavy atom. The van der Waals surface area contributed by atoms with Crippen LogP contribution in [0.2, 0.25) is 0 Å². The van der Waals surface area contributed by atoms with Gasteiger partial charge in [0.05, 0.1) is 20.8 Å². The summed E-state index contributed by atoms with van der Waals surface area (Å²) < 4.78 is 14.6. The van der Waals surface area contributed by atoms with Gasteiger partial charge in [-0.3, -0.25) is 4.79 Å². The molecule has 0 spiro atoms. The predicted molar refractivity (Wildman–Crippen MR) is 100 cm³/mol. The summed E-state index contributed by atoms with van der Waals surface area (Å²) in [6.45, 7) is 8.94. The molecule has 8 heteroatoms. The predicted octanol–water partition coefficient (Wildman–Crippen LogP) is 2.85. The zero-order valence-electron chi connectivity index (χ0n) is 17.3. The van der Waals surface area contributed by atoms with Crippen molar-refractivity contribution in [3.8, 4) is 0 Å². The summed E-state index contributed by atoms with van der Waals surface area (Å²) in [4.78, 5) is 34.8. The number of alkyl carbamates (subject to hydrolysis) is 2. The number of ether oxygens (including phenoxy) is 3. The highest BCUT2D eigenvalue weighted by molar-refractivity contribution is 5.70. The van der Waals surface area contributed by atoms with Crippen molar-refractivity contribution in [2.75, 3.05) is 27.3 Å². The van der Waals surface area contributed by atoms with Crippen LogP contribution in [0.4, 0.5) is 9.59 Å². The van der Waals surface area contributed by atoms with Gasteiger partial charge in [-0.2, -0.15) is 0 Å². The average molecular weight is 386 g/mol. The van der Waals surface area contributed by atoms with Crippen molar-refractivity contribution in [1.29, 1.82) is 0 Å². The van der Waals surface area contributed by atoms with Crippen molar-refractivity contribution in [2.45, 2.75) is 59.5 Å². The Labute approximate surface area is 161 Å². The zero-order chi connectivity index (χ0) is 20.7. The fourth-order valence-electron chi connectivity index (χ4n) is 4.34. The molecule has 1 fully saturated rings. The maximum atomic E-state index is 12.3. The first-order chi connectivity index (χ1) is 12.5. The number of carbonyl (C=O) groups excluding carboxylic acids is 3. The summed E-state index contributed by atoms with van der Waals surface area (Å²) in [6, 6.07) is 0. The van der Waals surface area contributed by atoms with Crippen molar-refractivity contribution in [3.05, 3.63) is 0 Å². The van der Waals surface area contributed by atoms with Gasteiger partial charge in [-0.15, -0.1) is 0 Å². The minimum absolute atomic E-state index is 0.0633. The number of rotatable bonds is 7. The van der Waals surface area contributed by atoms with Gasteiger partial charge in [0.15, 0.2) is 0 Å². The maximum absolute atomic E-state index is 12.3. The van der Waals surface area contributed by atoms with E-state index < -0.39 is 18.3 Å². The van der Waals surface area contributed by atoms with E-state index in [0.717, 1.165) is 19.3 Å². The molecule has 1 aliphatic carbocycles. The second kappa shape index (κ2) is 9.80. The lowest BCUT2D eigenvalue weighted by molar-refractivity contribution is -0.150. The fourth-order valence-corrected chi connectivity index (χ4v) is 4.34. The van der Waals surface area contributed by atoms with Crippen LogP contribution >= 0.6 is 0 Å². The lowest BCUT2D eigenvalue weighted by atomic mass is 9.60. The molecule has 1 rings (SSSR count). The molecule has 2 amide bonds. The summed E-state index contributed by atoms with van der Waals surface area (Å²) in [5.41, 5.74) is -0.0489. The molecule has 0 aromatic carbocycles. The Kier molecular flexibility index (Phi) is 8.37. The highest BCUT2D eigenvalue weighted by atomic mass is 16.6. The zero-order valence-corrected chi connectivity index (χ0v) is 17.3. The van der Waals surface area contributed by atoms with Gasteiger partial charge in [0, 0.05) is 13.0 Å². The molecule has 2 N–H and O–H groups in total. The molecule has 0 heterocycles. The molecule has 0 aromatic heterocycles. The van der Waals surface area contributed by atoms with E-state index >= 15 is 0 Å². The molecule has 0 saturated heterocycles. The minimum Gasteiger partial charge on any atom is -0.461 e. The highest BCUT2D eigenvalue weighted by Crippen LogP contribution is 2.49. The van der Waals surface area contributed by atoms with Crippen LogP contribution in [0.1, 0.15) is 53.4 Å². The van der Waals surface area contributed by atoms with E-state index in [1.54, 1.807) is 6.92 Å². The van der Waals surface area contributed by atoms with E-state index in [1.807, 2.05) is 0 Å². The lowest BCUT2D eigenvalue weighted by Gasteiger charge is -2.46. The Morgan fingerprint density at radius 2 is 1.63 bits per heavy atom. The van der Waals surface area contributed by atoms with Gasteiger partial charge in [-0.05, 0) is 42.9 Å². The summed E-state index contributed by atoms with van der Waals surface area (Å²) in [5.74, 6) is -0.105. The first-order valence-electron chi connectivity index (χ1n) is 9.32. The van der Waals surface area contributed by atoms with E-state index in [9.17, 15) is 14.4 Å². The molecule has 0 bridgehead atoms. The van der Waals surface area contributed by atoms with Gasteiger partial charge in [0.2, 0.25) is 0 Å². The molecule has 3 atom stereocenters. The van der Waals surface area contributed by atoms with Crippen LogP contribution in [0.5, 0.6) is 0 Å². The van der Waals surface area contributed by atoms with Gasteiger partial charge < -0.3 is 24.8 Å². The lowest BCUT2D eigenvalue weighted by Crippen LogP contribution is -2.44. The van der Waals surface area contributed by atoms with Gasteiger partial charge in [-0.25, -0.2) is 9.59 Å². The summed E-state index contributed by atoms with van der Waals surface area (Å²) >= 11 is 0. The summed E-state index contributed by atoms with van der Waals surface area (Å²) in [7, 11) is 2.63. The first-order valence-corrected chi connectivity index (χ1v) is 9.32. The molecule has 0 radical (unpaired) electrons. The van der Waals surface area contributed by atoms with E-state index in [4.69, 9.17) is 4.74 Å². The molecule has 156 valence electrons. The van der Waals surface area contributed by atoms with Crippen molar-refractivity contribution >= 4 is 18.2 Å². The number of methoxy groups -OCH3 is 2. The van der Waals surface area contributed by atoms with Crippen LogP contribution < -0.4 is 10.6 Å². The Bertz CT molecular complexity index is 536. The third kappa shape index (κ3) is 8.49. The third-order valence-electron chi connectivity index (χ3n) is 4.88. The SMILES string of the molecule is COC(=O)NCC(C)OC(=O)CC1CC(C)(C)CC(C)(CNC(=O)OC)C1. The first kappa shape index (κ1) is 23.0. The smallest absolute Gasteiger partial charge is 0.406 e. The third-order valence-corrected chi connectivity index (χ3v) is 4.88. The fraction of sp³-hybridized carbons (Fsp3) is 0.842. The maximum Gasteiger partial charge on any atom is 0.406 e. The second-order valence-corrected chi connectivity index (χ2v) is 8.65. The molecule has 0 aromatic rings. The minimum atomic E-state index is -0.555. The number of esters is 1. The van der Waals surface area contributed by atoms with E-state index in [0.29, 0.717) is 13.0 Å². The Balaban J connectivity index is 2.58. The van der Waals surface area contributed by atoms with Crippen LogP contribution in [-0.4, -0.2) is 51.6 Å². The van der Waals surface area contributed by atoms with Crippen LogP contribution in [0.3, 0.4) is 0 Å². The topological polar surface area (TPSA) is 103 Å². The molecular weight excluding hydrogens is 352 g/mol. The Hall–Kier alpha value is -1.99. The second-order valence-electron chi connectivity index (χ2n) is 8.65. The van der Waals surface area contributed by atoms with Crippen molar-refractivity contribution in [1.82, 2.24) is 10.6 Å². The van der Waals surface area contributed by atoms with Crippen LogP contribution in [-0.2, 0) is 19.0 Å². The molecule has 1 aliphatic rings. The molecule has 8 nitrogen and oxygen atoms in total. The molecular formula is C19H34N2O6. The van der Waals surface area contributed by atoms with Crippen LogP contribution in [0.15, 0.2) is 0 Å². The van der Waals surface area contributed by atoms with Gasteiger partial charge in [0.1, 0.15) is 6.10 Å². The standard InChI is InChI=1S/C19H34N2O6/c1-13(10-20-16(23)25-5)27-15(22)7-14-8-18(2,3)11-19(4,9-14)12-21-17(24)26-6/h13-14H,7-12H2,1-6H3,(H,20,23)(H,21,24). The van der Waals surface area contributed by atoms with Crippen LogP contribution in [0.25, 0.3) is 0 Å². The number of hydrogen-bond acceptors (Lipinski definition) is 6. The van der Waals surface area contributed by atoms with Gasteiger partial charge in [-0.1, -0.05) is 20.8 Å². The number of carbonyl (C=O) groups is 3. The molecule has 0 aliphatic heterocycles. The van der Waals surface area contributed by atoms with Crippen molar-refractivity contribution in [2.24, 2.45) is 16.7 Å². The largest absolute Gasteiger partial charge is 0.461 e. The van der Waals surface area contributed by atoms with Crippen molar-refractivity contribution in [3.63, 3.8) is 0 Å². The summed E-state index contributed by atoms with van der Waals surface area (Å²) in [6.07, 6.45) is 1.59. The number of hydrogen-bond donors (Lipinski definition) is 2. The molecule has 27 heavy (non-hydrogen) atoms. The average Bonchev–Trinajstić information content (AvgIpc) is 2.55. The monoisotopic (exact) mass is 386 g/mol. The summed E-state index contributed by atoms with van der Waals surface area (Å²) in [5, 5.41) is 5.30. The van der Waals surface area contributed by atoms with Crippen LogP contribution in [0, 0.1) is 16.7 Å². The molecule has 3 unspecified atom stereocenters. The van der Waals surface area contributed by atoms with Crippen molar-refractivity contribution < 1.29 is 28.6 Å². The van der Waals surface area contributed by atoms with E-state index in [-0.39, 0.29) is 29.3 Å².